The van der Waals surface area contributed by atoms with Crippen LogP contribution < -0.4 is 0 Å². The molecular weight excluding hydrogens is 312 g/mol. The van der Waals surface area contributed by atoms with Crippen molar-refractivity contribution in [3.63, 3.8) is 0 Å². The second kappa shape index (κ2) is 7.76. The minimum absolute atomic E-state index is 0.0417. The molecule has 0 bridgehead atoms. The Balaban J connectivity index is 3.24. The molecule has 0 saturated carbocycles. The molecule has 0 aromatic heterocycles. The quantitative estimate of drug-likeness (QED) is 0.770. The Bertz CT molecular complexity index is 624. The van der Waals surface area contributed by atoms with E-state index < -0.39 is 10.0 Å². The number of hydrogen-bond acceptors (Lipinski definition) is 4. The van der Waals surface area contributed by atoms with Crippen molar-refractivity contribution in [2.75, 3.05) is 26.8 Å². The first-order chi connectivity index (χ1) is 9.82. The van der Waals surface area contributed by atoms with Gasteiger partial charge >= 0.3 is 0 Å². The van der Waals surface area contributed by atoms with Crippen LogP contribution in [0.15, 0.2) is 23.1 Å². The predicted molar refractivity (Wildman–Crippen MR) is 81.6 cm³/mol. The summed E-state index contributed by atoms with van der Waals surface area (Å²) in [5.41, 5.74) is 0.259. The van der Waals surface area contributed by atoms with Crippen LogP contribution in [0, 0.1) is 17.2 Å². The lowest BCUT2D eigenvalue weighted by Gasteiger charge is -2.24. The molecule has 1 aromatic rings. The fraction of sp³-hybridized carbons (Fsp3) is 0.500. The van der Waals surface area contributed by atoms with Crippen molar-refractivity contribution in [3.05, 3.63) is 28.8 Å². The number of nitriles is 1. The average Bonchev–Trinajstić information content (AvgIpc) is 2.43. The molecule has 0 aliphatic carbocycles. The van der Waals surface area contributed by atoms with E-state index in [4.69, 9.17) is 21.6 Å². The highest BCUT2D eigenvalue weighted by Crippen LogP contribution is 2.26. The minimum Gasteiger partial charge on any atom is -0.383 e. The standard InChI is InChI=1S/C14H19ClN2O3S/c1-11(2)10-17(6-7-20-3)21(18,19)14-8-12(9-16)4-5-13(14)15/h4-5,8,11H,6-7,10H2,1-3H3. The van der Waals surface area contributed by atoms with E-state index in [9.17, 15) is 8.42 Å². The highest BCUT2D eigenvalue weighted by Gasteiger charge is 2.27. The number of nitrogens with zero attached hydrogens (tertiary/aromatic N) is 2. The summed E-state index contributed by atoms with van der Waals surface area (Å²) in [7, 11) is -2.24. The fourth-order valence-corrected chi connectivity index (χ4v) is 3.91. The number of halogens is 1. The van der Waals surface area contributed by atoms with Crippen molar-refractivity contribution in [3.8, 4) is 6.07 Å². The molecule has 21 heavy (non-hydrogen) atoms. The second-order valence-corrected chi connectivity index (χ2v) is 7.32. The molecule has 0 unspecified atom stereocenters. The molecule has 0 atom stereocenters. The summed E-state index contributed by atoms with van der Waals surface area (Å²) < 4.78 is 31.8. The third kappa shape index (κ3) is 4.68. The summed E-state index contributed by atoms with van der Waals surface area (Å²) in [4.78, 5) is -0.0417. The Morgan fingerprint density at radius 2 is 2.10 bits per heavy atom. The van der Waals surface area contributed by atoms with Crippen molar-refractivity contribution in [1.29, 1.82) is 5.26 Å². The van der Waals surface area contributed by atoms with Gasteiger partial charge in [-0.15, -0.1) is 0 Å². The minimum atomic E-state index is -3.76. The Morgan fingerprint density at radius 3 is 2.62 bits per heavy atom. The molecule has 5 nitrogen and oxygen atoms in total. The third-order valence-corrected chi connectivity index (χ3v) is 5.14. The first-order valence-electron chi connectivity index (χ1n) is 6.51. The van der Waals surface area contributed by atoms with Crippen LogP contribution in [0.3, 0.4) is 0 Å². The normalized spacial score (nSPS) is 11.9. The van der Waals surface area contributed by atoms with Crippen molar-refractivity contribution in [2.24, 2.45) is 5.92 Å². The van der Waals surface area contributed by atoms with Gasteiger partial charge in [0.05, 0.1) is 23.3 Å². The van der Waals surface area contributed by atoms with Crippen LogP contribution in [0.2, 0.25) is 5.02 Å². The molecule has 7 heteroatoms. The van der Waals surface area contributed by atoms with Crippen LogP contribution in [0.5, 0.6) is 0 Å². The Hall–Kier alpha value is -1.13. The molecular formula is C14H19ClN2O3S. The molecule has 0 aliphatic heterocycles. The largest absolute Gasteiger partial charge is 0.383 e. The summed E-state index contributed by atoms with van der Waals surface area (Å²) in [6.45, 7) is 4.76. The summed E-state index contributed by atoms with van der Waals surface area (Å²) in [6.07, 6.45) is 0. The molecule has 0 saturated heterocycles. The van der Waals surface area contributed by atoms with Crippen LogP contribution in [-0.4, -0.2) is 39.5 Å². The van der Waals surface area contributed by atoms with Crippen LogP contribution in [0.1, 0.15) is 19.4 Å². The van der Waals surface area contributed by atoms with Gasteiger partial charge in [-0.25, -0.2) is 8.42 Å². The van der Waals surface area contributed by atoms with E-state index in [2.05, 4.69) is 0 Å². The van der Waals surface area contributed by atoms with E-state index in [0.717, 1.165) is 0 Å². The highest BCUT2D eigenvalue weighted by atomic mass is 35.5. The van der Waals surface area contributed by atoms with Crippen molar-refractivity contribution < 1.29 is 13.2 Å². The van der Waals surface area contributed by atoms with Gasteiger partial charge < -0.3 is 4.74 Å². The molecule has 0 amide bonds. The number of benzene rings is 1. The molecule has 0 heterocycles. The lowest BCUT2D eigenvalue weighted by Crippen LogP contribution is -2.36. The first kappa shape index (κ1) is 17.9. The zero-order valence-corrected chi connectivity index (χ0v) is 13.9. The predicted octanol–water partition coefficient (Wildman–Crippen LogP) is 2.50. The van der Waals surface area contributed by atoms with Gasteiger partial charge in [-0.3, -0.25) is 0 Å². The van der Waals surface area contributed by atoms with Gasteiger partial charge in [-0.05, 0) is 24.1 Å². The second-order valence-electron chi connectivity index (χ2n) is 5.01. The van der Waals surface area contributed by atoms with E-state index in [1.165, 1.54) is 29.6 Å². The number of ether oxygens (including phenoxy) is 1. The zero-order valence-electron chi connectivity index (χ0n) is 12.3. The molecule has 1 rings (SSSR count). The van der Waals surface area contributed by atoms with E-state index in [0.29, 0.717) is 13.2 Å². The van der Waals surface area contributed by atoms with Crippen LogP contribution in [-0.2, 0) is 14.8 Å². The Kier molecular flexibility index (Phi) is 6.62. The van der Waals surface area contributed by atoms with Gasteiger partial charge in [0.15, 0.2) is 0 Å². The highest BCUT2D eigenvalue weighted by molar-refractivity contribution is 7.89. The van der Waals surface area contributed by atoms with Gasteiger partial charge in [0.2, 0.25) is 10.0 Å². The molecule has 1 aromatic carbocycles. The maximum atomic E-state index is 12.7. The maximum Gasteiger partial charge on any atom is 0.244 e. The van der Waals surface area contributed by atoms with Crippen molar-refractivity contribution in [1.82, 2.24) is 4.31 Å². The summed E-state index contributed by atoms with van der Waals surface area (Å²) >= 11 is 6.01. The molecule has 0 fully saturated rings. The Morgan fingerprint density at radius 1 is 1.43 bits per heavy atom. The maximum absolute atomic E-state index is 12.7. The van der Waals surface area contributed by atoms with Crippen LogP contribution in [0.25, 0.3) is 0 Å². The number of rotatable bonds is 7. The zero-order chi connectivity index (χ0) is 16.0. The molecule has 116 valence electrons. The van der Waals surface area contributed by atoms with Gasteiger partial charge in [0.25, 0.3) is 0 Å². The van der Waals surface area contributed by atoms with Gasteiger partial charge in [-0.1, -0.05) is 25.4 Å². The van der Waals surface area contributed by atoms with Gasteiger partial charge in [0.1, 0.15) is 4.90 Å². The average molecular weight is 331 g/mol. The first-order valence-corrected chi connectivity index (χ1v) is 8.33. The smallest absolute Gasteiger partial charge is 0.244 e. The van der Waals surface area contributed by atoms with Crippen LogP contribution >= 0.6 is 11.6 Å². The van der Waals surface area contributed by atoms with E-state index in [1.807, 2.05) is 19.9 Å². The summed E-state index contributed by atoms with van der Waals surface area (Å²) in [5.74, 6) is 0.162. The molecule has 0 spiro atoms. The van der Waals surface area contributed by atoms with Gasteiger partial charge in [0, 0.05) is 20.2 Å². The fourth-order valence-electron chi connectivity index (χ4n) is 1.82. The lowest BCUT2D eigenvalue weighted by atomic mass is 10.2. The number of methoxy groups -OCH3 is 1. The third-order valence-electron chi connectivity index (χ3n) is 2.79. The number of sulfonamides is 1. The summed E-state index contributed by atoms with van der Waals surface area (Å²) in [6, 6.07) is 6.14. The van der Waals surface area contributed by atoms with Crippen molar-refractivity contribution >= 4 is 21.6 Å². The van der Waals surface area contributed by atoms with Gasteiger partial charge in [-0.2, -0.15) is 9.57 Å². The number of hydrogen-bond donors (Lipinski definition) is 0. The Labute approximate surface area is 131 Å². The van der Waals surface area contributed by atoms with Crippen LogP contribution in [0.4, 0.5) is 0 Å². The molecule has 0 N–H and O–H groups in total. The molecule has 0 radical (unpaired) electrons. The van der Waals surface area contributed by atoms with E-state index >= 15 is 0 Å². The van der Waals surface area contributed by atoms with E-state index in [1.54, 1.807) is 0 Å². The lowest BCUT2D eigenvalue weighted by molar-refractivity contribution is 0.175. The van der Waals surface area contributed by atoms with E-state index in [-0.39, 0.29) is 27.9 Å². The SMILES string of the molecule is COCCN(CC(C)C)S(=O)(=O)c1cc(C#N)ccc1Cl. The molecule has 0 aliphatic rings. The van der Waals surface area contributed by atoms with Crippen molar-refractivity contribution in [2.45, 2.75) is 18.7 Å². The monoisotopic (exact) mass is 330 g/mol. The summed E-state index contributed by atoms with van der Waals surface area (Å²) in [5, 5.41) is 9.03. The topological polar surface area (TPSA) is 70.4 Å².